The van der Waals surface area contributed by atoms with E-state index < -0.39 is 17.5 Å². The number of amides is 4. The first-order valence-electron chi connectivity index (χ1n) is 16.9. The quantitative estimate of drug-likeness (QED) is 0.306. The second-order valence-corrected chi connectivity index (χ2v) is 15.6. The van der Waals surface area contributed by atoms with Crippen molar-refractivity contribution in [1.29, 1.82) is 0 Å². The van der Waals surface area contributed by atoms with Crippen molar-refractivity contribution in [2.24, 2.45) is 11.3 Å². The molecule has 2 aliphatic heterocycles. The Morgan fingerprint density at radius 3 is 2.17 bits per heavy atom. The fourth-order valence-corrected chi connectivity index (χ4v) is 6.85. The van der Waals surface area contributed by atoms with Gasteiger partial charge in [0.05, 0.1) is 12.1 Å². The highest BCUT2D eigenvalue weighted by molar-refractivity contribution is 9.10. The number of halogens is 1. The van der Waals surface area contributed by atoms with Crippen molar-refractivity contribution in [3.8, 4) is 0 Å². The zero-order valence-corrected chi connectivity index (χ0v) is 30.9. The van der Waals surface area contributed by atoms with Crippen LogP contribution in [0.3, 0.4) is 0 Å². The number of carbonyl (C=O) groups is 4. The minimum atomic E-state index is -0.732. The molecule has 2 heterocycles. The molecule has 10 heteroatoms. The summed E-state index contributed by atoms with van der Waals surface area (Å²) in [5.41, 5.74) is 0.953. The van der Waals surface area contributed by atoms with Crippen molar-refractivity contribution in [3.63, 3.8) is 0 Å². The Morgan fingerprint density at radius 1 is 0.957 bits per heavy atom. The van der Waals surface area contributed by atoms with Crippen LogP contribution in [0.25, 0.3) is 0 Å². The highest BCUT2D eigenvalue weighted by Crippen LogP contribution is 2.27. The number of carbonyl (C=O) groups excluding carboxylic acids is 4. The van der Waals surface area contributed by atoms with Gasteiger partial charge in [0.1, 0.15) is 12.1 Å². The SMILES string of the molecule is C/C(=C\[C@H](C(C)C)N(C)C(=O)[C@@H](NC(=O)[C@H]1CCCCN1C(C)C)C(C)(C)C)C(=O)N1CCC[C@H]1C(=O)NCc1ccc(Br)cc1. The summed E-state index contributed by atoms with van der Waals surface area (Å²) in [4.78, 5) is 60.2. The zero-order chi connectivity index (χ0) is 34.3. The summed E-state index contributed by atoms with van der Waals surface area (Å²) in [5.74, 6) is -0.635. The van der Waals surface area contributed by atoms with Gasteiger partial charge in [-0.2, -0.15) is 0 Å². The number of hydrogen-bond acceptors (Lipinski definition) is 5. The van der Waals surface area contributed by atoms with Gasteiger partial charge in [0.2, 0.25) is 23.6 Å². The van der Waals surface area contributed by atoms with E-state index in [1.165, 1.54) is 0 Å². The molecule has 9 nitrogen and oxygen atoms in total. The molecule has 256 valence electrons. The molecule has 0 spiro atoms. The van der Waals surface area contributed by atoms with Gasteiger partial charge in [0.15, 0.2) is 0 Å². The average molecular weight is 703 g/mol. The molecule has 2 aliphatic rings. The Labute approximate surface area is 285 Å². The van der Waals surface area contributed by atoms with E-state index in [-0.39, 0.29) is 47.7 Å². The first-order chi connectivity index (χ1) is 21.5. The highest BCUT2D eigenvalue weighted by atomic mass is 79.9. The lowest BCUT2D eigenvalue weighted by Crippen LogP contribution is -2.60. The fourth-order valence-electron chi connectivity index (χ4n) is 6.59. The van der Waals surface area contributed by atoms with Crippen molar-refractivity contribution >= 4 is 39.6 Å². The minimum absolute atomic E-state index is 0.00591. The minimum Gasteiger partial charge on any atom is -0.350 e. The molecule has 4 amide bonds. The van der Waals surface area contributed by atoms with Gasteiger partial charge in [-0.1, -0.05) is 75.2 Å². The fraction of sp³-hybridized carbons (Fsp3) is 0.667. The molecule has 4 atom stereocenters. The molecule has 0 aromatic heterocycles. The van der Waals surface area contributed by atoms with E-state index in [1.807, 2.05) is 65.0 Å². The Morgan fingerprint density at radius 2 is 1.59 bits per heavy atom. The van der Waals surface area contributed by atoms with Crippen LogP contribution in [0.4, 0.5) is 0 Å². The summed E-state index contributed by atoms with van der Waals surface area (Å²) in [6.45, 7) is 17.7. The molecular weight excluding hydrogens is 646 g/mol. The van der Waals surface area contributed by atoms with Gasteiger partial charge in [-0.3, -0.25) is 24.1 Å². The number of hydrogen-bond donors (Lipinski definition) is 2. The van der Waals surface area contributed by atoms with Crippen LogP contribution >= 0.6 is 15.9 Å². The first kappa shape index (κ1) is 37.7. The summed E-state index contributed by atoms with van der Waals surface area (Å²) in [5, 5.41) is 6.13. The normalized spacial score (nSPS) is 20.9. The van der Waals surface area contributed by atoms with Gasteiger partial charge in [-0.05, 0) is 82.0 Å². The molecule has 0 aliphatic carbocycles. The lowest BCUT2D eigenvalue weighted by atomic mass is 9.84. The molecule has 0 unspecified atom stereocenters. The van der Waals surface area contributed by atoms with Gasteiger partial charge in [0.25, 0.3) is 0 Å². The average Bonchev–Trinajstić information content (AvgIpc) is 3.50. The topological polar surface area (TPSA) is 102 Å². The number of benzene rings is 1. The lowest BCUT2D eigenvalue weighted by Gasteiger charge is -2.41. The van der Waals surface area contributed by atoms with Crippen molar-refractivity contribution in [2.75, 3.05) is 20.1 Å². The Hall–Kier alpha value is -2.72. The molecule has 2 N–H and O–H groups in total. The third kappa shape index (κ3) is 9.66. The van der Waals surface area contributed by atoms with Crippen molar-refractivity contribution in [3.05, 3.63) is 46.0 Å². The molecule has 0 radical (unpaired) electrons. The van der Waals surface area contributed by atoms with E-state index >= 15 is 0 Å². The van der Waals surface area contributed by atoms with E-state index in [0.29, 0.717) is 25.1 Å². The van der Waals surface area contributed by atoms with Crippen LogP contribution < -0.4 is 10.6 Å². The van der Waals surface area contributed by atoms with Crippen LogP contribution in [-0.4, -0.2) is 88.7 Å². The predicted octanol–water partition coefficient (Wildman–Crippen LogP) is 5.28. The maximum atomic E-state index is 14.1. The standard InChI is InChI=1S/C36H56BrN5O4/c1-23(2)30(40(9)35(46)31(36(6,7)8)39-33(44)29-13-10-11-19-41(29)24(3)4)21-25(5)34(45)42-20-12-14-28(42)32(43)38-22-26-15-17-27(37)18-16-26/h15-18,21,23-24,28-31H,10-14,19-20,22H2,1-9H3,(H,38,43)(H,39,44)/b25-21+/t28-,29+,30+,31+/m0/s1. The van der Waals surface area contributed by atoms with Crippen molar-refractivity contribution in [2.45, 2.75) is 124 Å². The molecule has 0 saturated carbocycles. The highest BCUT2D eigenvalue weighted by Gasteiger charge is 2.40. The first-order valence-corrected chi connectivity index (χ1v) is 17.7. The van der Waals surface area contributed by atoms with Crippen LogP contribution in [0.2, 0.25) is 0 Å². The second-order valence-electron chi connectivity index (χ2n) is 14.7. The number of likely N-dealkylation sites (N-methyl/N-ethyl adjacent to an activating group) is 1. The Balaban J connectivity index is 1.74. The third-order valence-corrected chi connectivity index (χ3v) is 9.87. The van der Waals surface area contributed by atoms with Crippen molar-refractivity contribution < 1.29 is 19.2 Å². The maximum Gasteiger partial charge on any atom is 0.249 e. The molecule has 2 saturated heterocycles. The van der Waals surface area contributed by atoms with E-state index in [4.69, 9.17) is 0 Å². The largest absolute Gasteiger partial charge is 0.350 e. The Kier molecular flexibility index (Phi) is 13.5. The molecule has 3 rings (SSSR count). The maximum absolute atomic E-state index is 14.1. The summed E-state index contributed by atoms with van der Waals surface area (Å²) >= 11 is 3.43. The molecule has 1 aromatic carbocycles. The number of nitrogens with zero attached hydrogens (tertiary/aromatic N) is 3. The van der Waals surface area contributed by atoms with E-state index in [9.17, 15) is 19.2 Å². The number of likely N-dealkylation sites (tertiary alicyclic amines) is 2. The number of piperidine rings is 1. The summed E-state index contributed by atoms with van der Waals surface area (Å²) in [7, 11) is 1.75. The van der Waals surface area contributed by atoms with E-state index in [2.05, 4.69) is 45.3 Å². The van der Waals surface area contributed by atoms with Crippen LogP contribution in [-0.2, 0) is 25.7 Å². The number of rotatable bonds is 11. The van der Waals surface area contributed by atoms with Gasteiger partial charge in [0, 0.05) is 36.2 Å². The summed E-state index contributed by atoms with van der Waals surface area (Å²) in [6, 6.07) is 6.11. The smallest absolute Gasteiger partial charge is 0.249 e. The van der Waals surface area contributed by atoms with Crippen LogP contribution in [0.5, 0.6) is 0 Å². The van der Waals surface area contributed by atoms with Crippen LogP contribution in [0.15, 0.2) is 40.4 Å². The Bertz CT molecular complexity index is 1260. The van der Waals surface area contributed by atoms with Crippen LogP contribution in [0.1, 0.15) is 93.1 Å². The molecule has 0 bridgehead atoms. The zero-order valence-electron chi connectivity index (χ0n) is 29.4. The van der Waals surface area contributed by atoms with Gasteiger partial charge < -0.3 is 20.4 Å². The second kappa shape index (κ2) is 16.4. The lowest BCUT2D eigenvalue weighted by molar-refractivity contribution is -0.142. The van der Waals surface area contributed by atoms with Crippen LogP contribution in [0, 0.1) is 11.3 Å². The third-order valence-electron chi connectivity index (χ3n) is 9.34. The number of nitrogens with one attached hydrogen (secondary N) is 2. The monoisotopic (exact) mass is 701 g/mol. The van der Waals surface area contributed by atoms with E-state index in [0.717, 1.165) is 42.3 Å². The molecule has 46 heavy (non-hydrogen) atoms. The van der Waals surface area contributed by atoms with Crippen molar-refractivity contribution in [1.82, 2.24) is 25.3 Å². The molecule has 2 fully saturated rings. The summed E-state index contributed by atoms with van der Waals surface area (Å²) in [6.07, 6.45) is 6.06. The van der Waals surface area contributed by atoms with E-state index in [1.54, 1.807) is 23.8 Å². The van der Waals surface area contributed by atoms with Gasteiger partial charge in [-0.15, -0.1) is 0 Å². The summed E-state index contributed by atoms with van der Waals surface area (Å²) < 4.78 is 0.973. The van der Waals surface area contributed by atoms with Gasteiger partial charge in [-0.25, -0.2) is 0 Å². The molecule has 1 aromatic rings. The molecular formula is C36H56BrN5O4. The predicted molar refractivity (Wildman–Crippen MR) is 187 cm³/mol. The van der Waals surface area contributed by atoms with Gasteiger partial charge >= 0.3 is 0 Å².